The average Bonchev–Trinajstić information content (AvgIpc) is 2.80. The maximum Gasteiger partial charge on any atom is 0.255 e. The minimum Gasteiger partial charge on any atom is -0.322 e. The lowest BCUT2D eigenvalue weighted by Gasteiger charge is -2.40. The third-order valence-electron chi connectivity index (χ3n) is 6.39. The maximum absolute atomic E-state index is 12.7. The normalized spacial score (nSPS) is 15.8. The van der Waals surface area contributed by atoms with Crippen LogP contribution >= 0.6 is 11.6 Å². The van der Waals surface area contributed by atoms with E-state index in [0.29, 0.717) is 16.3 Å². The lowest BCUT2D eigenvalue weighted by molar-refractivity contribution is -0.124. The van der Waals surface area contributed by atoms with Gasteiger partial charge in [0.1, 0.15) is 5.78 Å². The molecule has 1 N–H and O–H groups in total. The molecule has 4 nitrogen and oxygen atoms in total. The van der Waals surface area contributed by atoms with Gasteiger partial charge in [-0.3, -0.25) is 14.5 Å². The summed E-state index contributed by atoms with van der Waals surface area (Å²) in [6.07, 6.45) is 1.61. The van der Waals surface area contributed by atoms with Crippen LogP contribution in [0.1, 0.15) is 41.3 Å². The highest BCUT2D eigenvalue weighted by atomic mass is 35.5. The molecule has 0 radical (unpaired) electrons. The first kappa shape index (κ1) is 22.3. The van der Waals surface area contributed by atoms with E-state index in [1.54, 1.807) is 25.1 Å². The van der Waals surface area contributed by atoms with Gasteiger partial charge >= 0.3 is 0 Å². The zero-order valence-corrected chi connectivity index (χ0v) is 18.9. The predicted molar refractivity (Wildman–Crippen MR) is 129 cm³/mol. The molecule has 1 amide bonds. The topological polar surface area (TPSA) is 49.4 Å². The van der Waals surface area contributed by atoms with Crippen LogP contribution in [0.25, 0.3) is 0 Å². The molecule has 0 aromatic heterocycles. The Balaban J connectivity index is 1.41. The van der Waals surface area contributed by atoms with E-state index >= 15 is 0 Å². The highest BCUT2D eigenvalue weighted by molar-refractivity contribution is 6.31. The number of benzene rings is 3. The molecule has 32 heavy (non-hydrogen) atoms. The zero-order chi connectivity index (χ0) is 22.6. The monoisotopic (exact) mass is 446 g/mol. The van der Waals surface area contributed by atoms with Crippen molar-refractivity contribution in [2.45, 2.75) is 31.7 Å². The number of halogens is 1. The first-order valence-corrected chi connectivity index (χ1v) is 11.3. The molecule has 0 saturated carbocycles. The minimum absolute atomic E-state index is 0.160. The fraction of sp³-hybridized carbons (Fsp3) is 0.259. The summed E-state index contributed by atoms with van der Waals surface area (Å²) in [7, 11) is 0. The van der Waals surface area contributed by atoms with Crippen LogP contribution < -0.4 is 5.32 Å². The molecular weight excluding hydrogens is 420 g/mol. The Hall–Kier alpha value is -2.95. The van der Waals surface area contributed by atoms with Gasteiger partial charge in [0.05, 0.1) is 5.41 Å². The van der Waals surface area contributed by atoms with E-state index < -0.39 is 5.41 Å². The van der Waals surface area contributed by atoms with Crippen molar-refractivity contribution in [3.63, 3.8) is 0 Å². The number of hydrogen-bond donors (Lipinski definition) is 1. The van der Waals surface area contributed by atoms with Gasteiger partial charge in [-0.05, 0) is 74.3 Å². The first-order chi connectivity index (χ1) is 15.5. The number of amides is 1. The molecule has 3 aromatic carbocycles. The van der Waals surface area contributed by atoms with Crippen LogP contribution in [0.4, 0.5) is 5.69 Å². The van der Waals surface area contributed by atoms with Crippen molar-refractivity contribution in [1.29, 1.82) is 0 Å². The number of Topliss-reactive ketones (excluding diaryl/α,β-unsaturated/α-hetero) is 1. The molecule has 1 aliphatic rings. The number of rotatable bonds is 6. The maximum atomic E-state index is 12.7. The van der Waals surface area contributed by atoms with E-state index in [0.717, 1.165) is 43.6 Å². The molecule has 5 heteroatoms. The van der Waals surface area contributed by atoms with Crippen molar-refractivity contribution in [2.24, 2.45) is 0 Å². The van der Waals surface area contributed by atoms with Gasteiger partial charge in [-0.2, -0.15) is 0 Å². The minimum atomic E-state index is -0.392. The highest BCUT2D eigenvalue weighted by Crippen LogP contribution is 2.36. The third-order valence-corrected chi connectivity index (χ3v) is 6.62. The van der Waals surface area contributed by atoms with Gasteiger partial charge < -0.3 is 5.32 Å². The van der Waals surface area contributed by atoms with Crippen LogP contribution in [0.5, 0.6) is 0 Å². The van der Waals surface area contributed by atoms with E-state index in [1.165, 1.54) is 0 Å². The van der Waals surface area contributed by atoms with Gasteiger partial charge in [0, 0.05) is 22.8 Å². The van der Waals surface area contributed by atoms with E-state index in [-0.39, 0.29) is 11.7 Å². The van der Waals surface area contributed by atoms with Gasteiger partial charge in [0.25, 0.3) is 5.91 Å². The standard InChI is InChI=1S/C27H27ClN2O2/c1-20(31)27(23-9-3-2-4-10-23)13-15-30(16-14-27)19-21-7-5-8-22(17-21)26(32)29-25-12-6-11-24(28)18-25/h2-12,17-18H,13-16,19H2,1H3,(H,29,32). The number of piperidine rings is 1. The van der Waals surface area contributed by atoms with Crippen molar-refractivity contribution in [1.82, 2.24) is 4.90 Å². The van der Waals surface area contributed by atoms with Gasteiger partial charge in [0.2, 0.25) is 0 Å². The van der Waals surface area contributed by atoms with E-state index in [1.807, 2.05) is 48.5 Å². The van der Waals surface area contributed by atoms with Gasteiger partial charge in [-0.15, -0.1) is 0 Å². The van der Waals surface area contributed by atoms with Gasteiger partial charge in [-0.25, -0.2) is 0 Å². The predicted octanol–water partition coefficient (Wildman–Crippen LogP) is 5.72. The molecule has 4 rings (SSSR count). The summed E-state index contributed by atoms with van der Waals surface area (Å²) in [6.45, 7) is 4.15. The number of ketones is 1. The molecular formula is C27H27ClN2O2. The third kappa shape index (κ3) is 4.93. The molecule has 1 aliphatic heterocycles. The second-order valence-electron chi connectivity index (χ2n) is 8.45. The molecule has 1 heterocycles. The molecule has 1 fully saturated rings. The summed E-state index contributed by atoms with van der Waals surface area (Å²) in [4.78, 5) is 27.6. The van der Waals surface area contributed by atoms with Crippen LogP contribution in [0.3, 0.4) is 0 Å². The molecule has 3 aromatic rings. The number of hydrogen-bond acceptors (Lipinski definition) is 3. The number of carbonyl (C=O) groups is 2. The quantitative estimate of drug-likeness (QED) is 0.527. The Morgan fingerprint density at radius 3 is 2.34 bits per heavy atom. The number of nitrogens with one attached hydrogen (secondary N) is 1. The Bertz CT molecular complexity index is 1110. The number of carbonyl (C=O) groups excluding carboxylic acids is 2. The average molecular weight is 447 g/mol. The second-order valence-corrected chi connectivity index (χ2v) is 8.88. The molecule has 1 saturated heterocycles. The molecule has 0 spiro atoms. The Kier molecular flexibility index (Phi) is 6.73. The number of likely N-dealkylation sites (tertiary alicyclic amines) is 1. The molecule has 164 valence electrons. The summed E-state index contributed by atoms with van der Waals surface area (Å²) < 4.78 is 0. The lowest BCUT2D eigenvalue weighted by Crippen LogP contribution is -2.46. The summed E-state index contributed by atoms with van der Waals surface area (Å²) in [5.74, 6) is 0.0791. The highest BCUT2D eigenvalue weighted by Gasteiger charge is 2.40. The van der Waals surface area contributed by atoms with E-state index in [2.05, 4.69) is 22.3 Å². The number of anilines is 1. The van der Waals surface area contributed by atoms with Crippen molar-refractivity contribution >= 4 is 29.0 Å². The van der Waals surface area contributed by atoms with E-state index in [9.17, 15) is 9.59 Å². The summed E-state index contributed by atoms with van der Waals surface area (Å²) in [5, 5.41) is 3.48. The summed E-state index contributed by atoms with van der Waals surface area (Å²) in [6, 6.07) is 25.0. The zero-order valence-electron chi connectivity index (χ0n) is 18.2. The van der Waals surface area contributed by atoms with Crippen LogP contribution in [0.15, 0.2) is 78.9 Å². The van der Waals surface area contributed by atoms with Crippen LogP contribution in [-0.4, -0.2) is 29.7 Å². The van der Waals surface area contributed by atoms with Crippen molar-refractivity contribution < 1.29 is 9.59 Å². The number of nitrogens with zero attached hydrogens (tertiary/aromatic N) is 1. The Morgan fingerprint density at radius 1 is 0.938 bits per heavy atom. The summed E-state index contributed by atoms with van der Waals surface area (Å²) >= 11 is 6.01. The largest absolute Gasteiger partial charge is 0.322 e. The molecule has 0 atom stereocenters. The van der Waals surface area contributed by atoms with Crippen LogP contribution in [-0.2, 0) is 16.8 Å². The Labute approximate surface area is 194 Å². The van der Waals surface area contributed by atoms with Gasteiger partial charge in [-0.1, -0.05) is 60.1 Å². The van der Waals surface area contributed by atoms with Crippen LogP contribution in [0, 0.1) is 0 Å². The fourth-order valence-corrected chi connectivity index (χ4v) is 4.72. The van der Waals surface area contributed by atoms with Crippen molar-refractivity contribution in [3.8, 4) is 0 Å². The van der Waals surface area contributed by atoms with Crippen LogP contribution in [0.2, 0.25) is 5.02 Å². The smallest absolute Gasteiger partial charge is 0.255 e. The lowest BCUT2D eigenvalue weighted by atomic mass is 9.70. The molecule has 0 bridgehead atoms. The second kappa shape index (κ2) is 9.68. The van der Waals surface area contributed by atoms with Crippen molar-refractivity contribution in [2.75, 3.05) is 18.4 Å². The van der Waals surface area contributed by atoms with Crippen molar-refractivity contribution in [3.05, 3.63) is 101 Å². The summed E-state index contributed by atoms with van der Waals surface area (Å²) in [5.41, 5.74) is 3.09. The SMILES string of the molecule is CC(=O)C1(c2ccccc2)CCN(Cc2cccc(C(=O)Nc3cccc(Cl)c3)c2)CC1. The van der Waals surface area contributed by atoms with E-state index in [4.69, 9.17) is 11.6 Å². The Morgan fingerprint density at radius 2 is 1.66 bits per heavy atom. The van der Waals surface area contributed by atoms with Gasteiger partial charge in [0.15, 0.2) is 0 Å². The molecule has 0 unspecified atom stereocenters. The fourth-order valence-electron chi connectivity index (χ4n) is 4.53. The molecule has 0 aliphatic carbocycles. The first-order valence-electron chi connectivity index (χ1n) is 10.9.